The SMILES string of the molecule is CC1(C)O[C@@H]2CC3C4CCC5=CC(=O)C=CC5(C)C4[C@@H](O)CC3(C)[C@]2(C(=O)CO)O1.CC1(C)O[C@@H]2CC3C4CCC5=CC(=O)C=CC5(C)C4[C@@H](O)CC3(C)[C@]2(C(O)CO)O1. The molecule has 0 spiro atoms. The Morgan fingerprint density at radius 1 is 0.717 bits per heavy atom. The lowest BCUT2D eigenvalue weighted by atomic mass is 9.46. The van der Waals surface area contributed by atoms with Crippen LogP contribution in [0.2, 0.25) is 0 Å². The summed E-state index contributed by atoms with van der Waals surface area (Å²) in [7, 11) is 0. The smallest absolute Gasteiger partial charge is 0.193 e. The Hall–Kier alpha value is -2.39. The third-order valence-electron chi connectivity index (χ3n) is 18.3. The van der Waals surface area contributed by atoms with Gasteiger partial charge in [0.25, 0.3) is 0 Å². The summed E-state index contributed by atoms with van der Waals surface area (Å²) in [4.78, 5) is 37.1. The molecule has 11 unspecified atom stereocenters. The molecule has 5 N–H and O–H groups in total. The van der Waals surface area contributed by atoms with Crippen LogP contribution in [0.3, 0.4) is 0 Å². The molecular weight excluding hydrogens is 769 g/mol. The van der Waals surface area contributed by atoms with Crippen LogP contribution >= 0.6 is 0 Å². The number of Topliss-reactive ketones (excluding diaryl/α,β-unsaturated/α-hetero) is 1. The number of fused-ring (bicyclic) bond motifs is 14. The average molecular weight is 835 g/mol. The van der Waals surface area contributed by atoms with Gasteiger partial charge >= 0.3 is 0 Å². The van der Waals surface area contributed by atoms with Gasteiger partial charge in [0.15, 0.2) is 34.5 Å². The second kappa shape index (κ2) is 13.6. The van der Waals surface area contributed by atoms with E-state index in [1.807, 2.05) is 32.9 Å². The first-order valence-electron chi connectivity index (χ1n) is 22.4. The molecule has 330 valence electrons. The maximum absolute atomic E-state index is 13.2. The fraction of sp³-hybridized carbons (Fsp3) is 0.771. The number of aliphatic hydroxyl groups excluding tert-OH is 5. The predicted molar refractivity (Wildman–Crippen MR) is 217 cm³/mol. The molecular formula is C48H66O12. The van der Waals surface area contributed by atoms with Gasteiger partial charge in [-0.15, -0.1) is 0 Å². The molecule has 0 bridgehead atoms. The zero-order valence-electron chi connectivity index (χ0n) is 36.5. The Morgan fingerprint density at radius 3 is 1.70 bits per heavy atom. The molecule has 60 heavy (non-hydrogen) atoms. The topological polar surface area (TPSA) is 189 Å². The normalized spacial score (nSPS) is 51.5. The number of carbonyl (C=O) groups excluding carboxylic acids is 3. The van der Waals surface area contributed by atoms with Crippen LogP contribution in [0.1, 0.15) is 107 Å². The number of rotatable bonds is 4. The largest absolute Gasteiger partial charge is 0.394 e. The van der Waals surface area contributed by atoms with E-state index in [0.29, 0.717) is 19.3 Å². The molecule has 0 amide bonds. The first-order chi connectivity index (χ1) is 28.0. The van der Waals surface area contributed by atoms with E-state index >= 15 is 0 Å². The van der Waals surface area contributed by atoms with Crippen LogP contribution in [0, 0.1) is 57.2 Å². The molecule has 12 nitrogen and oxygen atoms in total. The Balaban J connectivity index is 0.000000154. The van der Waals surface area contributed by atoms with Gasteiger partial charge < -0.3 is 44.5 Å². The molecule has 8 fully saturated rings. The highest BCUT2D eigenvalue weighted by Gasteiger charge is 2.78. The Labute approximate surface area is 353 Å². The summed E-state index contributed by atoms with van der Waals surface area (Å²) in [6.45, 7) is 14.7. The zero-order chi connectivity index (χ0) is 43.4. The molecule has 17 atom stereocenters. The Kier molecular flexibility index (Phi) is 9.70. The van der Waals surface area contributed by atoms with E-state index in [1.165, 1.54) is 0 Å². The minimum Gasteiger partial charge on any atom is -0.394 e. The molecule has 2 aliphatic heterocycles. The van der Waals surface area contributed by atoms with Crippen molar-refractivity contribution < 1.29 is 58.9 Å². The van der Waals surface area contributed by atoms with Gasteiger partial charge in [0.1, 0.15) is 18.3 Å². The van der Waals surface area contributed by atoms with Crippen LogP contribution in [-0.2, 0) is 33.3 Å². The van der Waals surface area contributed by atoms with Crippen molar-refractivity contribution in [1.29, 1.82) is 0 Å². The van der Waals surface area contributed by atoms with Crippen LogP contribution in [0.4, 0.5) is 0 Å². The van der Waals surface area contributed by atoms with Gasteiger partial charge in [-0.2, -0.15) is 0 Å². The van der Waals surface area contributed by atoms with E-state index in [-0.39, 0.29) is 69.8 Å². The van der Waals surface area contributed by atoms with Crippen molar-refractivity contribution in [2.75, 3.05) is 13.2 Å². The second-order valence-corrected chi connectivity index (χ2v) is 21.9. The lowest BCUT2D eigenvalue weighted by molar-refractivity contribution is -0.254. The van der Waals surface area contributed by atoms with Gasteiger partial charge in [0.05, 0.1) is 31.0 Å². The van der Waals surface area contributed by atoms with E-state index in [0.717, 1.165) is 43.3 Å². The first kappa shape index (κ1) is 42.9. The van der Waals surface area contributed by atoms with Crippen molar-refractivity contribution in [3.8, 4) is 0 Å². The first-order valence-corrected chi connectivity index (χ1v) is 22.4. The fourth-order valence-corrected chi connectivity index (χ4v) is 16.3. The maximum atomic E-state index is 13.2. The number of hydrogen-bond acceptors (Lipinski definition) is 12. The van der Waals surface area contributed by atoms with E-state index in [4.69, 9.17) is 18.9 Å². The van der Waals surface area contributed by atoms with E-state index in [1.54, 1.807) is 38.2 Å². The van der Waals surface area contributed by atoms with Crippen molar-refractivity contribution in [2.24, 2.45) is 57.2 Å². The van der Waals surface area contributed by atoms with Crippen molar-refractivity contribution in [2.45, 2.75) is 160 Å². The molecule has 2 heterocycles. The molecule has 0 radical (unpaired) electrons. The summed E-state index contributed by atoms with van der Waals surface area (Å²) in [6.07, 6.45) is 13.4. The lowest BCUT2D eigenvalue weighted by Crippen LogP contribution is -2.65. The molecule has 2 saturated heterocycles. The highest BCUT2D eigenvalue weighted by Crippen LogP contribution is 2.72. The van der Waals surface area contributed by atoms with E-state index in [2.05, 4.69) is 20.8 Å². The van der Waals surface area contributed by atoms with Crippen LogP contribution in [0.25, 0.3) is 0 Å². The molecule has 0 aromatic rings. The van der Waals surface area contributed by atoms with Crippen molar-refractivity contribution in [3.63, 3.8) is 0 Å². The number of ether oxygens (including phenoxy) is 4. The van der Waals surface area contributed by atoms with E-state index in [9.17, 15) is 39.9 Å². The summed E-state index contributed by atoms with van der Waals surface area (Å²) in [5, 5.41) is 53.8. The van der Waals surface area contributed by atoms with Crippen molar-refractivity contribution in [1.82, 2.24) is 0 Å². The van der Waals surface area contributed by atoms with Crippen LogP contribution in [0.5, 0.6) is 0 Å². The fourth-order valence-electron chi connectivity index (χ4n) is 16.3. The Morgan fingerprint density at radius 2 is 1.18 bits per heavy atom. The van der Waals surface area contributed by atoms with Gasteiger partial charge in [-0.25, -0.2) is 0 Å². The second-order valence-electron chi connectivity index (χ2n) is 21.9. The molecule has 10 rings (SSSR count). The van der Waals surface area contributed by atoms with Crippen LogP contribution in [0.15, 0.2) is 47.6 Å². The number of carbonyl (C=O) groups is 3. The molecule has 8 aliphatic carbocycles. The van der Waals surface area contributed by atoms with Gasteiger partial charge in [-0.1, -0.05) is 51.0 Å². The van der Waals surface area contributed by atoms with Gasteiger partial charge in [0, 0.05) is 33.5 Å². The molecule has 6 saturated carbocycles. The standard InChI is InChI=1S/C24H34O6.C24H32O6/c2*1-21(2)29-19-10-16-15-6-5-13-9-14(26)7-8-22(13,3)20(15)17(27)11-23(16,4)24(19,30-21)18(28)12-25/h7-9,15-20,25,27-28H,5-6,10-12H2,1-4H3;7-9,15-17,19-20,25,27H,5-6,10-12H2,1-4H3/t15?,16?,17-,18?,19+,20?,22?,23?,24+;15?,16?,17-,19+,20?,22?,23?,24+/m00/s1. The predicted octanol–water partition coefficient (Wildman–Crippen LogP) is 4.45. The number of hydrogen-bond donors (Lipinski definition) is 5. The average Bonchev–Trinajstić information content (AvgIpc) is 3.78. The molecule has 10 aliphatic rings. The lowest BCUT2D eigenvalue weighted by Gasteiger charge is -2.60. The number of allylic oxidation sites excluding steroid dienone is 8. The van der Waals surface area contributed by atoms with E-state index < -0.39 is 71.2 Å². The number of aliphatic hydroxyl groups is 5. The van der Waals surface area contributed by atoms with Gasteiger partial charge in [0.2, 0.25) is 0 Å². The van der Waals surface area contributed by atoms with Gasteiger partial charge in [-0.05, 0) is 127 Å². The number of ketones is 3. The van der Waals surface area contributed by atoms with Crippen molar-refractivity contribution in [3.05, 3.63) is 47.6 Å². The summed E-state index contributed by atoms with van der Waals surface area (Å²) < 4.78 is 25.3. The van der Waals surface area contributed by atoms with Crippen LogP contribution < -0.4 is 0 Å². The quantitative estimate of drug-likeness (QED) is 0.268. The minimum absolute atomic E-state index is 0.00933. The zero-order valence-corrected chi connectivity index (χ0v) is 36.5. The van der Waals surface area contributed by atoms with Crippen LogP contribution in [-0.4, -0.2) is 109 Å². The monoisotopic (exact) mass is 834 g/mol. The maximum Gasteiger partial charge on any atom is 0.193 e. The highest BCUT2D eigenvalue weighted by atomic mass is 16.8. The molecule has 0 aromatic heterocycles. The Bertz CT molecular complexity index is 1980. The third-order valence-corrected chi connectivity index (χ3v) is 18.3. The highest BCUT2D eigenvalue weighted by molar-refractivity contribution is 6.01. The summed E-state index contributed by atoms with van der Waals surface area (Å²) in [5.74, 6) is -1.34. The van der Waals surface area contributed by atoms with Crippen molar-refractivity contribution >= 4 is 17.3 Å². The summed E-state index contributed by atoms with van der Waals surface area (Å²) in [6, 6.07) is 0. The summed E-state index contributed by atoms with van der Waals surface area (Å²) >= 11 is 0. The minimum atomic E-state index is -1.24. The third kappa shape index (κ3) is 5.50. The molecule has 12 heteroatoms. The molecule has 0 aromatic carbocycles. The summed E-state index contributed by atoms with van der Waals surface area (Å²) in [5.41, 5.74) is -1.90. The van der Waals surface area contributed by atoms with Gasteiger partial charge in [-0.3, -0.25) is 14.4 Å².